The Morgan fingerprint density at radius 3 is 2.67 bits per heavy atom. The zero-order valence-corrected chi connectivity index (χ0v) is 12.0. The molecule has 1 saturated heterocycles. The Kier molecular flexibility index (Phi) is 3.50. The molecule has 0 aliphatic carbocycles. The highest BCUT2D eigenvalue weighted by Crippen LogP contribution is 2.27. The number of anilines is 1. The van der Waals surface area contributed by atoms with E-state index in [1.807, 2.05) is 0 Å². The highest BCUT2D eigenvalue weighted by atomic mass is 79.9. The summed E-state index contributed by atoms with van der Waals surface area (Å²) >= 11 is 3.59. The standard InChI is InChI=1S/C15H17BrN2/c16-11-13-10-12-6-2-3-7-14(12)17-15(13)18-8-4-1-5-9-18/h2-3,6-7,10H,1,4-5,8-9,11H2. The highest BCUT2D eigenvalue weighted by Gasteiger charge is 2.16. The molecular formula is C15H17BrN2. The first-order valence-corrected chi connectivity index (χ1v) is 7.70. The van der Waals surface area contributed by atoms with Crippen molar-refractivity contribution in [1.82, 2.24) is 4.98 Å². The van der Waals surface area contributed by atoms with Crippen molar-refractivity contribution in [3.05, 3.63) is 35.9 Å². The first-order chi connectivity index (χ1) is 8.88. The SMILES string of the molecule is BrCc1cc2ccccc2nc1N1CCCCC1. The molecule has 0 radical (unpaired) electrons. The van der Waals surface area contributed by atoms with Gasteiger partial charge in [-0.3, -0.25) is 0 Å². The predicted molar refractivity (Wildman–Crippen MR) is 80.4 cm³/mol. The van der Waals surface area contributed by atoms with Gasteiger partial charge in [-0.05, 0) is 31.4 Å². The molecular weight excluding hydrogens is 288 g/mol. The van der Waals surface area contributed by atoms with E-state index in [1.165, 1.54) is 36.0 Å². The number of pyridine rings is 1. The van der Waals surface area contributed by atoms with Crippen molar-refractivity contribution in [2.45, 2.75) is 24.6 Å². The topological polar surface area (TPSA) is 16.1 Å². The lowest BCUT2D eigenvalue weighted by molar-refractivity contribution is 0.573. The van der Waals surface area contributed by atoms with Crippen LogP contribution in [0.15, 0.2) is 30.3 Å². The van der Waals surface area contributed by atoms with Crippen molar-refractivity contribution < 1.29 is 0 Å². The molecule has 1 aliphatic heterocycles. The van der Waals surface area contributed by atoms with Gasteiger partial charge in [-0.15, -0.1) is 0 Å². The number of benzene rings is 1. The summed E-state index contributed by atoms with van der Waals surface area (Å²) in [6.45, 7) is 2.29. The Hall–Kier alpha value is -1.09. The van der Waals surface area contributed by atoms with Gasteiger partial charge in [0.05, 0.1) is 5.52 Å². The van der Waals surface area contributed by atoms with E-state index in [0.717, 1.165) is 23.9 Å². The maximum Gasteiger partial charge on any atom is 0.133 e. The molecule has 0 atom stereocenters. The number of halogens is 1. The zero-order valence-electron chi connectivity index (χ0n) is 10.4. The molecule has 0 bridgehead atoms. The monoisotopic (exact) mass is 304 g/mol. The molecule has 1 fully saturated rings. The molecule has 0 N–H and O–H groups in total. The third-order valence-electron chi connectivity index (χ3n) is 3.58. The second kappa shape index (κ2) is 5.27. The number of piperidine rings is 1. The Bertz CT molecular complexity index is 547. The number of alkyl halides is 1. The predicted octanol–water partition coefficient (Wildman–Crippen LogP) is 4.12. The van der Waals surface area contributed by atoms with Crippen LogP contribution < -0.4 is 4.90 Å². The van der Waals surface area contributed by atoms with E-state index in [0.29, 0.717) is 0 Å². The van der Waals surface area contributed by atoms with E-state index in [2.05, 4.69) is 51.2 Å². The van der Waals surface area contributed by atoms with Gasteiger partial charge in [-0.1, -0.05) is 34.1 Å². The van der Waals surface area contributed by atoms with Crippen LogP contribution in [0.3, 0.4) is 0 Å². The van der Waals surface area contributed by atoms with E-state index in [1.54, 1.807) is 0 Å². The van der Waals surface area contributed by atoms with E-state index in [-0.39, 0.29) is 0 Å². The van der Waals surface area contributed by atoms with Gasteiger partial charge in [-0.2, -0.15) is 0 Å². The molecule has 18 heavy (non-hydrogen) atoms. The molecule has 0 spiro atoms. The first-order valence-electron chi connectivity index (χ1n) is 6.58. The average Bonchev–Trinajstić information content (AvgIpc) is 2.46. The minimum atomic E-state index is 0.872. The van der Waals surface area contributed by atoms with Crippen LogP contribution in [0.4, 0.5) is 5.82 Å². The van der Waals surface area contributed by atoms with Crippen LogP contribution in [0.1, 0.15) is 24.8 Å². The fraction of sp³-hybridized carbons (Fsp3) is 0.400. The zero-order chi connectivity index (χ0) is 12.4. The lowest BCUT2D eigenvalue weighted by Gasteiger charge is -2.29. The summed E-state index contributed by atoms with van der Waals surface area (Å²) in [5.41, 5.74) is 2.40. The quantitative estimate of drug-likeness (QED) is 0.776. The van der Waals surface area contributed by atoms with Crippen molar-refractivity contribution in [3.63, 3.8) is 0 Å². The lowest BCUT2D eigenvalue weighted by Crippen LogP contribution is -2.31. The van der Waals surface area contributed by atoms with E-state index < -0.39 is 0 Å². The number of aromatic nitrogens is 1. The van der Waals surface area contributed by atoms with Gasteiger partial charge >= 0.3 is 0 Å². The Balaban J connectivity index is 2.08. The molecule has 0 unspecified atom stereocenters. The normalized spacial score (nSPS) is 16.2. The summed E-state index contributed by atoms with van der Waals surface area (Å²) in [6, 6.07) is 10.6. The largest absolute Gasteiger partial charge is 0.356 e. The van der Waals surface area contributed by atoms with Crippen molar-refractivity contribution >= 4 is 32.7 Å². The van der Waals surface area contributed by atoms with Crippen LogP contribution in [-0.2, 0) is 5.33 Å². The molecule has 0 saturated carbocycles. The van der Waals surface area contributed by atoms with Gasteiger partial charge in [0.15, 0.2) is 0 Å². The molecule has 1 aromatic heterocycles. The lowest BCUT2D eigenvalue weighted by atomic mass is 10.1. The molecule has 2 nitrogen and oxygen atoms in total. The fourth-order valence-corrected chi connectivity index (χ4v) is 3.04. The molecule has 2 aromatic rings. The summed E-state index contributed by atoms with van der Waals surface area (Å²) in [7, 11) is 0. The van der Waals surface area contributed by atoms with Gasteiger partial charge in [0.2, 0.25) is 0 Å². The first kappa shape index (κ1) is 12.0. The van der Waals surface area contributed by atoms with Crippen molar-refractivity contribution in [3.8, 4) is 0 Å². The number of hydrogen-bond donors (Lipinski definition) is 0. The number of para-hydroxylation sites is 1. The number of hydrogen-bond acceptors (Lipinski definition) is 2. The summed E-state index contributed by atoms with van der Waals surface area (Å²) in [5.74, 6) is 1.17. The minimum absolute atomic E-state index is 0.872. The van der Waals surface area contributed by atoms with Crippen molar-refractivity contribution in [2.75, 3.05) is 18.0 Å². The van der Waals surface area contributed by atoms with E-state index in [4.69, 9.17) is 4.98 Å². The van der Waals surface area contributed by atoms with Gasteiger partial charge < -0.3 is 4.90 Å². The second-order valence-corrected chi connectivity index (χ2v) is 5.41. The van der Waals surface area contributed by atoms with Crippen LogP contribution >= 0.6 is 15.9 Å². The molecule has 3 rings (SSSR count). The summed E-state index contributed by atoms with van der Waals surface area (Å²) in [6.07, 6.45) is 3.93. The molecule has 2 heterocycles. The summed E-state index contributed by atoms with van der Waals surface area (Å²) in [5, 5.41) is 2.10. The third-order valence-corrected chi connectivity index (χ3v) is 4.18. The molecule has 94 valence electrons. The van der Waals surface area contributed by atoms with Gasteiger partial charge in [-0.25, -0.2) is 4.98 Å². The molecule has 0 amide bonds. The second-order valence-electron chi connectivity index (χ2n) is 4.85. The fourth-order valence-electron chi connectivity index (χ4n) is 2.63. The van der Waals surface area contributed by atoms with Crippen LogP contribution in [0.5, 0.6) is 0 Å². The number of nitrogens with zero attached hydrogens (tertiary/aromatic N) is 2. The van der Waals surface area contributed by atoms with Gasteiger partial charge in [0.25, 0.3) is 0 Å². The highest BCUT2D eigenvalue weighted by molar-refractivity contribution is 9.08. The molecule has 1 aliphatic rings. The van der Waals surface area contributed by atoms with Crippen molar-refractivity contribution in [1.29, 1.82) is 0 Å². The van der Waals surface area contributed by atoms with Crippen LogP contribution in [-0.4, -0.2) is 18.1 Å². The minimum Gasteiger partial charge on any atom is -0.356 e. The van der Waals surface area contributed by atoms with E-state index >= 15 is 0 Å². The number of fused-ring (bicyclic) bond motifs is 1. The van der Waals surface area contributed by atoms with Crippen LogP contribution in [0, 0.1) is 0 Å². The molecule has 1 aromatic carbocycles. The average molecular weight is 305 g/mol. The summed E-state index contributed by atoms with van der Waals surface area (Å²) < 4.78 is 0. The smallest absolute Gasteiger partial charge is 0.133 e. The Labute approximate surface area is 116 Å². The van der Waals surface area contributed by atoms with Crippen LogP contribution in [0.25, 0.3) is 10.9 Å². The van der Waals surface area contributed by atoms with Gasteiger partial charge in [0.1, 0.15) is 5.82 Å². The Morgan fingerprint density at radius 2 is 1.89 bits per heavy atom. The maximum atomic E-state index is 4.87. The Morgan fingerprint density at radius 1 is 1.11 bits per heavy atom. The third kappa shape index (κ3) is 2.24. The van der Waals surface area contributed by atoms with Crippen molar-refractivity contribution in [2.24, 2.45) is 0 Å². The summed E-state index contributed by atoms with van der Waals surface area (Å²) in [4.78, 5) is 7.30. The number of rotatable bonds is 2. The van der Waals surface area contributed by atoms with E-state index in [9.17, 15) is 0 Å². The maximum absolute atomic E-state index is 4.87. The van der Waals surface area contributed by atoms with Crippen LogP contribution in [0.2, 0.25) is 0 Å². The molecule has 3 heteroatoms. The van der Waals surface area contributed by atoms with Gasteiger partial charge in [0, 0.05) is 29.4 Å².